The first-order valence-electron chi connectivity index (χ1n) is 4.46. The van der Waals surface area contributed by atoms with E-state index in [-0.39, 0.29) is 0 Å². The average Bonchev–Trinajstić information content (AvgIpc) is 1.94. The molecule has 0 amide bonds. The highest BCUT2D eigenvalue weighted by Gasteiger charge is 2.20. The first-order chi connectivity index (χ1) is 4.84. The van der Waals surface area contributed by atoms with Crippen LogP contribution in [0.4, 0.5) is 0 Å². The zero-order valence-corrected chi connectivity index (χ0v) is 7.10. The molecule has 0 unspecified atom stereocenters. The summed E-state index contributed by atoms with van der Waals surface area (Å²) in [4.78, 5) is 0. The molecule has 0 aromatic heterocycles. The van der Waals surface area contributed by atoms with Gasteiger partial charge in [0, 0.05) is 6.61 Å². The predicted molar refractivity (Wildman–Crippen MR) is 43.0 cm³/mol. The second kappa shape index (κ2) is 3.97. The third kappa shape index (κ3) is 1.98. The Morgan fingerprint density at radius 3 is 2.60 bits per heavy atom. The van der Waals surface area contributed by atoms with Crippen molar-refractivity contribution in [3.05, 3.63) is 0 Å². The summed E-state index contributed by atoms with van der Waals surface area (Å²) in [6.07, 6.45) is 6.00. The Balaban J connectivity index is 2.25. The van der Waals surface area contributed by atoms with Crippen LogP contribution in [0, 0.1) is 5.92 Å². The van der Waals surface area contributed by atoms with E-state index in [1.807, 2.05) is 0 Å². The molecule has 1 nitrogen and oxygen atoms in total. The lowest BCUT2D eigenvalue weighted by Gasteiger charge is -2.28. The lowest BCUT2D eigenvalue weighted by Crippen LogP contribution is -2.25. The van der Waals surface area contributed by atoms with Crippen molar-refractivity contribution in [2.45, 2.75) is 45.6 Å². The minimum absolute atomic E-state index is 0.568. The summed E-state index contributed by atoms with van der Waals surface area (Å²) >= 11 is 0. The molecule has 0 bridgehead atoms. The van der Waals surface area contributed by atoms with E-state index >= 15 is 0 Å². The molecule has 0 saturated heterocycles. The largest absolute Gasteiger partial charge is 0.378 e. The van der Waals surface area contributed by atoms with Gasteiger partial charge in [-0.1, -0.05) is 19.8 Å². The maximum Gasteiger partial charge on any atom is 0.0600 e. The second-order valence-electron chi connectivity index (χ2n) is 3.26. The summed E-state index contributed by atoms with van der Waals surface area (Å²) in [6, 6.07) is 0. The molecule has 1 aliphatic rings. The van der Waals surface area contributed by atoms with Crippen LogP contribution < -0.4 is 0 Å². The van der Waals surface area contributed by atoms with Crippen molar-refractivity contribution in [3.63, 3.8) is 0 Å². The van der Waals surface area contributed by atoms with Crippen molar-refractivity contribution in [2.75, 3.05) is 6.61 Å². The van der Waals surface area contributed by atoms with Crippen molar-refractivity contribution in [2.24, 2.45) is 5.92 Å². The molecule has 0 aliphatic heterocycles. The molecule has 1 rings (SSSR count). The van der Waals surface area contributed by atoms with Crippen molar-refractivity contribution in [1.82, 2.24) is 0 Å². The highest BCUT2D eigenvalue weighted by molar-refractivity contribution is 4.71. The Morgan fingerprint density at radius 2 is 2.00 bits per heavy atom. The van der Waals surface area contributed by atoms with E-state index in [4.69, 9.17) is 4.74 Å². The van der Waals surface area contributed by atoms with Gasteiger partial charge in [-0.2, -0.15) is 0 Å². The third-order valence-corrected chi connectivity index (χ3v) is 2.41. The molecule has 1 fully saturated rings. The van der Waals surface area contributed by atoms with Gasteiger partial charge in [-0.25, -0.2) is 0 Å². The van der Waals surface area contributed by atoms with Crippen molar-refractivity contribution in [1.29, 1.82) is 0 Å². The molecule has 1 saturated carbocycles. The fraction of sp³-hybridized carbons (Fsp3) is 1.00. The standard InChI is InChI=1S/C9H18O/c1-3-10-9-7-5-4-6-8(9)2/h8-9H,3-7H2,1-2H3/t8-,9-/m1/s1. The third-order valence-electron chi connectivity index (χ3n) is 2.41. The molecular weight excluding hydrogens is 124 g/mol. The van der Waals surface area contributed by atoms with Gasteiger partial charge in [-0.3, -0.25) is 0 Å². The molecule has 60 valence electrons. The Labute approximate surface area is 63.8 Å². The molecule has 0 spiro atoms. The molecule has 0 heterocycles. The van der Waals surface area contributed by atoms with E-state index in [2.05, 4.69) is 13.8 Å². The topological polar surface area (TPSA) is 9.23 Å². The molecule has 0 aromatic rings. The van der Waals surface area contributed by atoms with Gasteiger partial charge in [0.2, 0.25) is 0 Å². The second-order valence-corrected chi connectivity index (χ2v) is 3.26. The summed E-state index contributed by atoms with van der Waals surface area (Å²) in [5.41, 5.74) is 0. The van der Waals surface area contributed by atoms with Crippen LogP contribution in [0.2, 0.25) is 0 Å². The highest BCUT2D eigenvalue weighted by Crippen LogP contribution is 2.25. The summed E-state index contributed by atoms with van der Waals surface area (Å²) in [5, 5.41) is 0. The van der Waals surface area contributed by atoms with Crippen LogP contribution in [-0.2, 0) is 4.74 Å². The normalized spacial score (nSPS) is 34.2. The van der Waals surface area contributed by atoms with Gasteiger partial charge in [0.1, 0.15) is 0 Å². The molecule has 1 heteroatoms. The maximum absolute atomic E-state index is 5.60. The van der Waals surface area contributed by atoms with Gasteiger partial charge >= 0.3 is 0 Å². The Bertz CT molecular complexity index is 88.7. The molecule has 0 radical (unpaired) electrons. The first kappa shape index (κ1) is 8.06. The number of hydrogen-bond donors (Lipinski definition) is 0. The van der Waals surface area contributed by atoms with Crippen LogP contribution in [-0.4, -0.2) is 12.7 Å². The maximum atomic E-state index is 5.60. The monoisotopic (exact) mass is 142 g/mol. The quantitative estimate of drug-likeness (QED) is 0.576. The predicted octanol–water partition coefficient (Wildman–Crippen LogP) is 2.60. The molecule has 1 aliphatic carbocycles. The summed E-state index contributed by atoms with van der Waals surface area (Å²) < 4.78 is 5.60. The Hall–Kier alpha value is -0.0400. The van der Waals surface area contributed by atoms with Gasteiger partial charge in [0.25, 0.3) is 0 Å². The van der Waals surface area contributed by atoms with Gasteiger partial charge < -0.3 is 4.74 Å². The minimum Gasteiger partial charge on any atom is -0.378 e. The fourth-order valence-electron chi connectivity index (χ4n) is 1.74. The molecule has 2 atom stereocenters. The average molecular weight is 142 g/mol. The van der Waals surface area contributed by atoms with Gasteiger partial charge in [-0.05, 0) is 25.7 Å². The summed E-state index contributed by atoms with van der Waals surface area (Å²) in [6.45, 7) is 5.27. The molecular formula is C9H18O. The number of rotatable bonds is 2. The number of ether oxygens (including phenoxy) is 1. The smallest absolute Gasteiger partial charge is 0.0600 e. The van der Waals surface area contributed by atoms with E-state index in [9.17, 15) is 0 Å². The first-order valence-corrected chi connectivity index (χ1v) is 4.46. The molecule has 10 heavy (non-hydrogen) atoms. The van der Waals surface area contributed by atoms with E-state index in [1.54, 1.807) is 0 Å². The fourth-order valence-corrected chi connectivity index (χ4v) is 1.74. The lowest BCUT2D eigenvalue weighted by atomic mass is 9.88. The van der Waals surface area contributed by atoms with Gasteiger partial charge in [0.15, 0.2) is 0 Å². The van der Waals surface area contributed by atoms with Gasteiger partial charge in [0.05, 0.1) is 6.10 Å². The Kier molecular flexibility index (Phi) is 3.20. The van der Waals surface area contributed by atoms with Crippen LogP contribution in [0.3, 0.4) is 0 Å². The molecule has 0 N–H and O–H groups in total. The van der Waals surface area contributed by atoms with E-state index in [1.165, 1.54) is 25.7 Å². The Morgan fingerprint density at radius 1 is 1.30 bits per heavy atom. The summed E-state index contributed by atoms with van der Waals surface area (Å²) in [5.74, 6) is 0.800. The molecule has 0 aromatic carbocycles. The zero-order valence-electron chi connectivity index (χ0n) is 7.10. The minimum atomic E-state index is 0.568. The highest BCUT2D eigenvalue weighted by atomic mass is 16.5. The zero-order chi connectivity index (χ0) is 7.40. The van der Waals surface area contributed by atoms with Crippen LogP contribution in [0.5, 0.6) is 0 Å². The van der Waals surface area contributed by atoms with E-state index in [0.717, 1.165) is 12.5 Å². The lowest BCUT2D eigenvalue weighted by molar-refractivity contribution is 0.00206. The summed E-state index contributed by atoms with van der Waals surface area (Å²) in [7, 11) is 0. The van der Waals surface area contributed by atoms with Crippen molar-refractivity contribution >= 4 is 0 Å². The van der Waals surface area contributed by atoms with Crippen molar-refractivity contribution in [3.8, 4) is 0 Å². The van der Waals surface area contributed by atoms with Gasteiger partial charge in [-0.15, -0.1) is 0 Å². The van der Waals surface area contributed by atoms with Crippen LogP contribution in [0.1, 0.15) is 39.5 Å². The van der Waals surface area contributed by atoms with Crippen LogP contribution in [0.15, 0.2) is 0 Å². The van der Waals surface area contributed by atoms with E-state index < -0.39 is 0 Å². The van der Waals surface area contributed by atoms with Crippen LogP contribution >= 0.6 is 0 Å². The van der Waals surface area contributed by atoms with E-state index in [0.29, 0.717) is 6.10 Å². The SMILES string of the molecule is CCO[C@@H]1CCCC[C@H]1C. The van der Waals surface area contributed by atoms with Crippen molar-refractivity contribution < 1.29 is 4.74 Å². The van der Waals surface area contributed by atoms with Crippen LogP contribution in [0.25, 0.3) is 0 Å². The number of hydrogen-bond acceptors (Lipinski definition) is 1.